The summed E-state index contributed by atoms with van der Waals surface area (Å²) >= 11 is 0. The van der Waals surface area contributed by atoms with Crippen molar-refractivity contribution in [2.75, 3.05) is 0 Å². The number of nitrogens with zero attached hydrogens (tertiary/aromatic N) is 1. The third-order valence-corrected chi connectivity index (χ3v) is 3.53. The summed E-state index contributed by atoms with van der Waals surface area (Å²) in [6.45, 7) is 5.34. The Labute approximate surface area is 121 Å². The van der Waals surface area contributed by atoms with E-state index in [4.69, 9.17) is 10.00 Å². The van der Waals surface area contributed by atoms with E-state index in [2.05, 4.69) is 5.32 Å². The van der Waals surface area contributed by atoms with Gasteiger partial charge in [0.2, 0.25) is 0 Å². The summed E-state index contributed by atoms with van der Waals surface area (Å²) in [5, 5.41) is 21.3. The number of nitrogens with one attached hydrogen (secondary N) is 1. The van der Waals surface area contributed by atoms with Gasteiger partial charge in [-0.05, 0) is 33.1 Å². The van der Waals surface area contributed by atoms with Gasteiger partial charge in [0.15, 0.2) is 6.10 Å². The number of aliphatic hydroxyl groups excluding tert-OH is 1. The van der Waals surface area contributed by atoms with Crippen molar-refractivity contribution in [3.8, 4) is 6.07 Å². The number of ether oxygens (including phenoxy) is 1. The predicted octanol–water partition coefficient (Wildman–Crippen LogP) is 2.73. The van der Waals surface area contributed by atoms with Gasteiger partial charge in [-0.2, -0.15) is 5.26 Å². The topological polar surface area (TPSA) is 82.3 Å². The van der Waals surface area contributed by atoms with Gasteiger partial charge >= 0.3 is 6.09 Å². The molecule has 0 aliphatic heterocycles. The van der Waals surface area contributed by atoms with Crippen LogP contribution in [0.3, 0.4) is 0 Å². The van der Waals surface area contributed by atoms with Crippen LogP contribution < -0.4 is 5.32 Å². The SMILES string of the molecule is CC(C)(C)OC(=O)N[C@@H](CC1CCCCC1)[C@H](O)C#N. The Balaban J connectivity index is 2.55. The van der Waals surface area contributed by atoms with E-state index in [1.807, 2.05) is 6.07 Å². The summed E-state index contributed by atoms with van der Waals surface area (Å²) in [5.41, 5.74) is -0.586. The van der Waals surface area contributed by atoms with E-state index < -0.39 is 23.8 Å². The third-order valence-electron chi connectivity index (χ3n) is 3.53. The number of carbonyl (C=O) groups excluding carboxylic acids is 1. The lowest BCUT2D eigenvalue weighted by molar-refractivity contribution is 0.0438. The molecule has 2 N–H and O–H groups in total. The van der Waals surface area contributed by atoms with Crippen LogP contribution in [0.25, 0.3) is 0 Å². The third kappa shape index (κ3) is 6.25. The molecule has 0 saturated heterocycles. The van der Waals surface area contributed by atoms with Crippen LogP contribution in [0.15, 0.2) is 0 Å². The number of rotatable bonds is 4. The first-order valence-electron chi connectivity index (χ1n) is 7.39. The molecule has 5 nitrogen and oxygen atoms in total. The van der Waals surface area contributed by atoms with E-state index in [0.29, 0.717) is 12.3 Å². The minimum Gasteiger partial charge on any atom is -0.444 e. The van der Waals surface area contributed by atoms with Gasteiger partial charge < -0.3 is 15.2 Å². The van der Waals surface area contributed by atoms with Crippen LogP contribution in [0, 0.1) is 17.2 Å². The van der Waals surface area contributed by atoms with Crippen molar-refractivity contribution in [1.29, 1.82) is 5.26 Å². The average Bonchev–Trinajstić information content (AvgIpc) is 2.36. The first kappa shape index (κ1) is 16.8. The summed E-state index contributed by atoms with van der Waals surface area (Å²) in [4.78, 5) is 11.8. The quantitative estimate of drug-likeness (QED) is 0.777. The van der Waals surface area contributed by atoms with Crippen LogP contribution in [0.2, 0.25) is 0 Å². The van der Waals surface area contributed by atoms with Crippen molar-refractivity contribution in [3.63, 3.8) is 0 Å². The molecule has 0 heterocycles. The zero-order chi connectivity index (χ0) is 15.2. The van der Waals surface area contributed by atoms with Crippen LogP contribution in [-0.4, -0.2) is 28.9 Å². The first-order chi connectivity index (χ1) is 9.31. The van der Waals surface area contributed by atoms with Gasteiger partial charge in [-0.3, -0.25) is 0 Å². The molecule has 0 bridgehead atoms. The standard InChI is InChI=1S/C15H26N2O3/c1-15(2,3)20-14(19)17-12(13(18)10-16)9-11-7-5-4-6-8-11/h11-13,18H,4-9H2,1-3H3,(H,17,19)/t12-,13+/m0/s1. The molecular weight excluding hydrogens is 256 g/mol. The van der Waals surface area contributed by atoms with E-state index in [9.17, 15) is 9.90 Å². The molecule has 0 unspecified atom stereocenters. The van der Waals surface area contributed by atoms with Gasteiger partial charge in [0, 0.05) is 0 Å². The largest absolute Gasteiger partial charge is 0.444 e. The Kier molecular flexibility index (Phi) is 6.28. The van der Waals surface area contributed by atoms with Crippen LogP contribution in [0.1, 0.15) is 59.3 Å². The summed E-state index contributed by atoms with van der Waals surface area (Å²) in [6, 6.07) is 1.25. The number of carbonyl (C=O) groups is 1. The molecule has 1 aliphatic carbocycles. The van der Waals surface area contributed by atoms with Gasteiger partial charge in [0.1, 0.15) is 5.60 Å². The monoisotopic (exact) mass is 282 g/mol. The Bertz CT molecular complexity index is 351. The summed E-state index contributed by atoms with van der Waals surface area (Å²) < 4.78 is 5.18. The maximum absolute atomic E-state index is 11.8. The fourth-order valence-corrected chi connectivity index (χ4v) is 2.60. The molecule has 1 aliphatic rings. The highest BCUT2D eigenvalue weighted by Crippen LogP contribution is 2.28. The minimum absolute atomic E-state index is 0.465. The summed E-state index contributed by atoms with van der Waals surface area (Å²) in [5.74, 6) is 0.465. The lowest BCUT2D eigenvalue weighted by atomic mass is 9.84. The number of hydrogen-bond acceptors (Lipinski definition) is 4. The maximum Gasteiger partial charge on any atom is 0.407 e. The number of aliphatic hydroxyl groups is 1. The molecule has 1 amide bonds. The molecule has 1 fully saturated rings. The Morgan fingerprint density at radius 1 is 1.40 bits per heavy atom. The fourth-order valence-electron chi connectivity index (χ4n) is 2.60. The molecule has 1 saturated carbocycles. The molecular formula is C15H26N2O3. The lowest BCUT2D eigenvalue weighted by Gasteiger charge is -2.29. The van der Waals surface area contributed by atoms with Crippen molar-refractivity contribution in [3.05, 3.63) is 0 Å². The van der Waals surface area contributed by atoms with Crippen molar-refractivity contribution >= 4 is 6.09 Å². The predicted molar refractivity (Wildman–Crippen MR) is 76.0 cm³/mol. The Morgan fingerprint density at radius 2 is 2.00 bits per heavy atom. The Morgan fingerprint density at radius 3 is 2.50 bits per heavy atom. The van der Waals surface area contributed by atoms with E-state index in [0.717, 1.165) is 12.8 Å². The Hall–Kier alpha value is -1.28. The van der Waals surface area contributed by atoms with E-state index in [1.165, 1.54) is 19.3 Å². The number of hydrogen-bond donors (Lipinski definition) is 2. The molecule has 20 heavy (non-hydrogen) atoms. The molecule has 1 rings (SSSR count). The number of amides is 1. The molecule has 2 atom stereocenters. The molecule has 0 aromatic carbocycles. The van der Waals surface area contributed by atoms with Crippen molar-refractivity contribution in [2.45, 2.75) is 77.0 Å². The zero-order valence-electron chi connectivity index (χ0n) is 12.7. The van der Waals surface area contributed by atoms with Crippen molar-refractivity contribution < 1.29 is 14.6 Å². The highest BCUT2D eigenvalue weighted by atomic mass is 16.6. The van der Waals surface area contributed by atoms with E-state index in [1.54, 1.807) is 20.8 Å². The number of alkyl carbamates (subject to hydrolysis) is 1. The highest BCUT2D eigenvalue weighted by Gasteiger charge is 2.27. The van der Waals surface area contributed by atoms with Crippen LogP contribution in [0.5, 0.6) is 0 Å². The smallest absolute Gasteiger partial charge is 0.407 e. The molecule has 0 radical (unpaired) electrons. The van der Waals surface area contributed by atoms with Gasteiger partial charge in [-0.25, -0.2) is 4.79 Å². The first-order valence-corrected chi connectivity index (χ1v) is 7.39. The molecule has 0 aromatic heterocycles. The molecule has 5 heteroatoms. The molecule has 114 valence electrons. The zero-order valence-corrected chi connectivity index (χ0v) is 12.7. The van der Waals surface area contributed by atoms with Crippen molar-refractivity contribution in [2.24, 2.45) is 5.92 Å². The second kappa shape index (κ2) is 7.49. The summed E-state index contributed by atoms with van der Waals surface area (Å²) in [6.07, 6.45) is 4.70. The number of nitriles is 1. The lowest BCUT2D eigenvalue weighted by Crippen LogP contribution is -2.46. The van der Waals surface area contributed by atoms with Gasteiger partial charge in [0.05, 0.1) is 12.1 Å². The highest BCUT2D eigenvalue weighted by molar-refractivity contribution is 5.68. The normalized spacial score (nSPS) is 19.8. The van der Waals surface area contributed by atoms with E-state index >= 15 is 0 Å². The summed E-state index contributed by atoms with van der Waals surface area (Å²) in [7, 11) is 0. The fraction of sp³-hybridized carbons (Fsp3) is 0.867. The van der Waals surface area contributed by atoms with Crippen LogP contribution in [0.4, 0.5) is 4.79 Å². The van der Waals surface area contributed by atoms with Gasteiger partial charge in [-0.15, -0.1) is 0 Å². The second-order valence-electron chi connectivity index (χ2n) is 6.57. The average molecular weight is 282 g/mol. The molecule has 0 aromatic rings. The molecule has 0 spiro atoms. The van der Waals surface area contributed by atoms with Crippen molar-refractivity contribution in [1.82, 2.24) is 5.32 Å². The maximum atomic E-state index is 11.8. The van der Waals surface area contributed by atoms with Crippen LogP contribution >= 0.6 is 0 Å². The second-order valence-corrected chi connectivity index (χ2v) is 6.57. The van der Waals surface area contributed by atoms with Gasteiger partial charge in [-0.1, -0.05) is 32.1 Å². The van der Waals surface area contributed by atoms with Gasteiger partial charge in [0.25, 0.3) is 0 Å². The van der Waals surface area contributed by atoms with E-state index in [-0.39, 0.29) is 0 Å². The minimum atomic E-state index is -1.19. The van der Waals surface area contributed by atoms with Crippen LogP contribution in [-0.2, 0) is 4.74 Å².